The molecule has 0 N–H and O–H groups in total. The van der Waals surface area contributed by atoms with Crippen LogP contribution in [0.25, 0.3) is 0 Å². The third-order valence-electron chi connectivity index (χ3n) is 4.22. The molecule has 1 heterocycles. The van der Waals surface area contributed by atoms with Crippen molar-refractivity contribution in [3.8, 4) is 5.75 Å². The summed E-state index contributed by atoms with van der Waals surface area (Å²) in [5.74, 6) is 0.626. The molecule has 5 nitrogen and oxygen atoms in total. The summed E-state index contributed by atoms with van der Waals surface area (Å²) in [5, 5.41) is 0. The van der Waals surface area contributed by atoms with E-state index in [1.165, 1.54) is 12.1 Å². The minimum atomic E-state index is -3.11. The van der Waals surface area contributed by atoms with Crippen LogP contribution in [0.15, 0.2) is 24.3 Å². The van der Waals surface area contributed by atoms with Gasteiger partial charge in [-0.25, -0.2) is 12.8 Å². The lowest BCUT2D eigenvalue weighted by atomic mass is 10.3. The van der Waals surface area contributed by atoms with Crippen molar-refractivity contribution in [2.24, 2.45) is 0 Å². The van der Waals surface area contributed by atoms with E-state index in [9.17, 15) is 12.8 Å². The number of piperazine rings is 1. The summed E-state index contributed by atoms with van der Waals surface area (Å²) >= 11 is 0. The first kappa shape index (κ1) is 19.1. The average Bonchev–Trinajstić information content (AvgIpc) is 2.57. The normalized spacial score (nSPS) is 17.1. The fourth-order valence-corrected chi connectivity index (χ4v) is 4.27. The van der Waals surface area contributed by atoms with Crippen molar-refractivity contribution in [1.82, 2.24) is 9.21 Å². The number of hydrogen-bond acceptors (Lipinski definition) is 4. The van der Waals surface area contributed by atoms with Gasteiger partial charge in [0.1, 0.15) is 18.2 Å². The molecule has 1 saturated heterocycles. The number of rotatable bonds is 9. The van der Waals surface area contributed by atoms with Crippen molar-refractivity contribution in [3.05, 3.63) is 30.1 Å². The van der Waals surface area contributed by atoms with Crippen molar-refractivity contribution < 1.29 is 17.5 Å². The Morgan fingerprint density at radius 3 is 2.38 bits per heavy atom. The fourth-order valence-electron chi connectivity index (χ4n) is 2.72. The molecule has 0 aliphatic carbocycles. The summed E-state index contributed by atoms with van der Waals surface area (Å²) < 4.78 is 44.5. The van der Waals surface area contributed by atoms with E-state index in [1.54, 1.807) is 16.4 Å². The van der Waals surface area contributed by atoms with Gasteiger partial charge in [-0.15, -0.1) is 0 Å². The van der Waals surface area contributed by atoms with Gasteiger partial charge in [0, 0.05) is 32.7 Å². The number of benzene rings is 1. The highest BCUT2D eigenvalue weighted by Crippen LogP contribution is 2.12. The molecule has 136 valence electrons. The molecule has 1 aliphatic heterocycles. The van der Waals surface area contributed by atoms with Gasteiger partial charge in [0.15, 0.2) is 0 Å². The molecule has 1 aliphatic rings. The van der Waals surface area contributed by atoms with Crippen molar-refractivity contribution in [3.63, 3.8) is 0 Å². The number of nitrogens with zero attached hydrogens (tertiary/aromatic N) is 2. The molecule has 7 heteroatoms. The van der Waals surface area contributed by atoms with Crippen LogP contribution in [0.4, 0.5) is 4.39 Å². The molecule has 0 spiro atoms. The second-order valence-electron chi connectivity index (χ2n) is 6.07. The molecule has 2 rings (SSSR count). The summed E-state index contributed by atoms with van der Waals surface area (Å²) in [6.45, 7) is 5.85. The second-order valence-corrected chi connectivity index (χ2v) is 8.15. The van der Waals surface area contributed by atoms with Crippen molar-refractivity contribution in [1.29, 1.82) is 0 Å². The largest absolute Gasteiger partial charge is 0.492 e. The van der Waals surface area contributed by atoms with Crippen LogP contribution >= 0.6 is 0 Å². The second kappa shape index (κ2) is 9.34. The number of halogens is 1. The van der Waals surface area contributed by atoms with Gasteiger partial charge in [0.2, 0.25) is 10.0 Å². The van der Waals surface area contributed by atoms with E-state index in [2.05, 4.69) is 11.8 Å². The quantitative estimate of drug-likeness (QED) is 0.636. The molecular formula is C17H27FN2O3S. The van der Waals surface area contributed by atoms with E-state index < -0.39 is 10.0 Å². The van der Waals surface area contributed by atoms with Gasteiger partial charge in [-0.2, -0.15) is 4.31 Å². The van der Waals surface area contributed by atoms with Crippen LogP contribution in [0.3, 0.4) is 0 Å². The third kappa shape index (κ3) is 6.03. The minimum absolute atomic E-state index is 0.258. The summed E-state index contributed by atoms with van der Waals surface area (Å²) in [5.41, 5.74) is 0. The smallest absolute Gasteiger partial charge is 0.214 e. The van der Waals surface area contributed by atoms with Crippen molar-refractivity contribution >= 4 is 10.0 Å². The van der Waals surface area contributed by atoms with E-state index in [-0.39, 0.29) is 11.6 Å². The summed E-state index contributed by atoms with van der Waals surface area (Å²) in [7, 11) is -3.11. The lowest BCUT2D eigenvalue weighted by molar-refractivity contribution is 0.159. The molecule has 0 bridgehead atoms. The molecule has 1 fully saturated rings. The lowest BCUT2D eigenvalue weighted by Gasteiger charge is -2.33. The Kier molecular flexibility index (Phi) is 7.45. The average molecular weight is 358 g/mol. The Hall–Kier alpha value is -1.18. The molecule has 0 saturated carbocycles. The molecular weight excluding hydrogens is 331 g/mol. The third-order valence-corrected chi connectivity index (χ3v) is 6.18. The van der Waals surface area contributed by atoms with Gasteiger partial charge in [-0.1, -0.05) is 19.8 Å². The molecule has 0 radical (unpaired) electrons. The van der Waals surface area contributed by atoms with E-state index in [1.807, 2.05) is 0 Å². The van der Waals surface area contributed by atoms with Crippen LogP contribution in [-0.2, 0) is 10.0 Å². The SMILES string of the molecule is CCCCCS(=O)(=O)N1CCN(CCOc2ccc(F)cc2)CC1. The van der Waals surface area contributed by atoms with Crippen LogP contribution in [0.1, 0.15) is 26.2 Å². The van der Waals surface area contributed by atoms with E-state index in [0.29, 0.717) is 25.4 Å². The van der Waals surface area contributed by atoms with Gasteiger partial charge in [0.25, 0.3) is 0 Å². The van der Waals surface area contributed by atoms with E-state index in [4.69, 9.17) is 4.74 Å². The number of ether oxygens (including phenoxy) is 1. The molecule has 1 aromatic rings. The Balaban J connectivity index is 1.68. The molecule has 1 aromatic carbocycles. The minimum Gasteiger partial charge on any atom is -0.492 e. The zero-order valence-corrected chi connectivity index (χ0v) is 15.1. The maximum atomic E-state index is 12.8. The summed E-state index contributed by atoms with van der Waals surface area (Å²) in [6, 6.07) is 5.96. The van der Waals surface area contributed by atoms with Gasteiger partial charge >= 0.3 is 0 Å². The van der Waals surface area contributed by atoms with Gasteiger partial charge in [-0.3, -0.25) is 4.90 Å². The maximum absolute atomic E-state index is 12.8. The topological polar surface area (TPSA) is 49.9 Å². The highest BCUT2D eigenvalue weighted by molar-refractivity contribution is 7.89. The summed E-state index contributed by atoms with van der Waals surface area (Å²) in [4.78, 5) is 2.20. The van der Waals surface area contributed by atoms with Crippen LogP contribution in [0, 0.1) is 5.82 Å². The number of sulfonamides is 1. The molecule has 0 aromatic heterocycles. The van der Waals surface area contributed by atoms with Gasteiger partial charge < -0.3 is 4.74 Å². The molecule has 24 heavy (non-hydrogen) atoms. The van der Waals surface area contributed by atoms with Crippen LogP contribution in [-0.4, -0.2) is 62.7 Å². The molecule has 0 amide bonds. The van der Waals surface area contributed by atoms with Crippen LogP contribution < -0.4 is 4.74 Å². The van der Waals surface area contributed by atoms with Gasteiger partial charge in [0.05, 0.1) is 5.75 Å². The van der Waals surface area contributed by atoms with Crippen molar-refractivity contribution in [2.75, 3.05) is 45.1 Å². The molecule has 0 atom stereocenters. The fraction of sp³-hybridized carbons (Fsp3) is 0.647. The zero-order chi connectivity index (χ0) is 17.4. The van der Waals surface area contributed by atoms with Crippen molar-refractivity contribution in [2.45, 2.75) is 26.2 Å². The predicted octanol–water partition coefficient (Wildman–Crippen LogP) is 2.34. The summed E-state index contributed by atoms with van der Waals surface area (Å²) in [6.07, 6.45) is 2.72. The maximum Gasteiger partial charge on any atom is 0.214 e. The van der Waals surface area contributed by atoms with E-state index in [0.717, 1.165) is 38.9 Å². The highest BCUT2D eigenvalue weighted by atomic mass is 32.2. The lowest BCUT2D eigenvalue weighted by Crippen LogP contribution is -2.50. The standard InChI is InChI=1S/C17H27FN2O3S/c1-2-3-4-15-24(21,22)20-11-9-19(10-12-20)13-14-23-17-7-5-16(18)6-8-17/h5-8H,2-4,9-15H2,1H3. The first-order chi connectivity index (χ1) is 11.5. The first-order valence-electron chi connectivity index (χ1n) is 8.60. The Bertz CT molecular complexity index is 584. The molecule has 0 unspecified atom stereocenters. The van der Waals surface area contributed by atoms with Crippen LogP contribution in [0.2, 0.25) is 0 Å². The highest BCUT2D eigenvalue weighted by Gasteiger charge is 2.26. The predicted molar refractivity (Wildman–Crippen MR) is 93.2 cm³/mol. The number of unbranched alkanes of at least 4 members (excludes halogenated alkanes) is 2. The zero-order valence-electron chi connectivity index (χ0n) is 14.3. The van der Waals surface area contributed by atoms with Gasteiger partial charge in [-0.05, 0) is 30.7 Å². The van der Waals surface area contributed by atoms with Crippen LogP contribution in [0.5, 0.6) is 5.75 Å². The van der Waals surface area contributed by atoms with E-state index >= 15 is 0 Å². The monoisotopic (exact) mass is 358 g/mol. The number of hydrogen-bond donors (Lipinski definition) is 0. The Morgan fingerprint density at radius 1 is 1.08 bits per heavy atom. The Morgan fingerprint density at radius 2 is 1.75 bits per heavy atom. The Labute approximate surface area is 144 Å². The first-order valence-corrected chi connectivity index (χ1v) is 10.2.